The Bertz CT molecular complexity index is 621. The van der Waals surface area contributed by atoms with Crippen LogP contribution in [0.2, 0.25) is 0 Å². The summed E-state index contributed by atoms with van der Waals surface area (Å²) in [6.07, 6.45) is 12.1. The second-order valence-corrected chi connectivity index (χ2v) is 8.20. The Labute approximate surface area is 156 Å². The summed E-state index contributed by atoms with van der Waals surface area (Å²) in [4.78, 5) is 14.4. The van der Waals surface area contributed by atoms with Crippen molar-refractivity contribution >= 4 is 11.8 Å². The van der Waals surface area contributed by atoms with E-state index in [1.165, 1.54) is 49.8 Å². The maximum absolute atomic E-state index is 12.1. The molecule has 0 radical (unpaired) electrons. The molecule has 1 aromatic heterocycles. The van der Waals surface area contributed by atoms with Crippen molar-refractivity contribution < 1.29 is 4.79 Å². The van der Waals surface area contributed by atoms with E-state index in [2.05, 4.69) is 31.8 Å². The van der Waals surface area contributed by atoms with Crippen LogP contribution in [0.3, 0.4) is 0 Å². The summed E-state index contributed by atoms with van der Waals surface area (Å²) >= 11 is 0. The number of urea groups is 1. The maximum Gasteiger partial charge on any atom is 0.315 e. The number of nitrogens with zero attached hydrogens (tertiary/aromatic N) is 3. The normalized spacial score (nSPS) is 21.5. The van der Waals surface area contributed by atoms with Gasteiger partial charge in [0.25, 0.3) is 0 Å². The minimum Gasteiger partial charge on any atom is -0.354 e. The second kappa shape index (κ2) is 8.23. The van der Waals surface area contributed by atoms with E-state index in [9.17, 15) is 4.79 Å². The number of hydrogen-bond acceptors (Lipinski definition) is 4. The quantitative estimate of drug-likeness (QED) is 0.813. The molecule has 4 rings (SSSR count). The first-order valence-corrected chi connectivity index (χ1v) is 10.4. The van der Waals surface area contributed by atoms with Gasteiger partial charge in [-0.3, -0.25) is 0 Å². The molecule has 2 fully saturated rings. The average molecular weight is 358 g/mol. The van der Waals surface area contributed by atoms with Gasteiger partial charge in [0.1, 0.15) is 0 Å². The van der Waals surface area contributed by atoms with Crippen LogP contribution in [0.15, 0.2) is 6.07 Å². The highest BCUT2D eigenvalue weighted by Gasteiger charge is 2.29. The van der Waals surface area contributed by atoms with E-state index >= 15 is 0 Å². The lowest BCUT2D eigenvalue weighted by Crippen LogP contribution is -2.53. The van der Waals surface area contributed by atoms with Crippen molar-refractivity contribution in [2.24, 2.45) is 5.92 Å². The van der Waals surface area contributed by atoms with E-state index in [0.29, 0.717) is 12.0 Å². The predicted molar refractivity (Wildman–Crippen MR) is 102 cm³/mol. The molecule has 6 nitrogen and oxygen atoms in total. The summed E-state index contributed by atoms with van der Waals surface area (Å²) in [5.41, 5.74) is 2.57. The van der Waals surface area contributed by atoms with Gasteiger partial charge in [-0.25, -0.2) is 4.79 Å². The van der Waals surface area contributed by atoms with Crippen LogP contribution in [0.1, 0.15) is 62.6 Å². The van der Waals surface area contributed by atoms with E-state index in [1.54, 1.807) is 0 Å². The van der Waals surface area contributed by atoms with Crippen molar-refractivity contribution in [3.05, 3.63) is 17.3 Å². The zero-order chi connectivity index (χ0) is 17.8. The lowest BCUT2D eigenvalue weighted by atomic mass is 9.95. The number of aromatic nitrogens is 2. The highest BCUT2D eigenvalue weighted by Crippen LogP contribution is 2.26. The molecular formula is C20H31N5O. The zero-order valence-electron chi connectivity index (χ0n) is 15.7. The molecular weight excluding hydrogens is 326 g/mol. The fourth-order valence-electron chi connectivity index (χ4n) is 4.42. The van der Waals surface area contributed by atoms with E-state index in [0.717, 1.165) is 51.1 Å². The summed E-state index contributed by atoms with van der Waals surface area (Å²) in [7, 11) is 0. The number of hydrogen-bond donors (Lipinski definition) is 2. The molecule has 0 spiro atoms. The molecule has 0 bridgehead atoms. The molecule has 1 saturated carbocycles. The van der Waals surface area contributed by atoms with Crippen LogP contribution in [0.25, 0.3) is 0 Å². The van der Waals surface area contributed by atoms with Crippen LogP contribution in [-0.4, -0.2) is 41.9 Å². The van der Waals surface area contributed by atoms with Crippen molar-refractivity contribution in [2.75, 3.05) is 24.5 Å². The van der Waals surface area contributed by atoms with E-state index in [1.807, 2.05) is 0 Å². The van der Waals surface area contributed by atoms with Crippen molar-refractivity contribution in [1.82, 2.24) is 20.8 Å². The minimum absolute atomic E-state index is 0.00363. The Morgan fingerprint density at radius 2 is 1.81 bits per heavy atom. The molecule has 0 aromatic carbocycles. The molecule has 0 atom stereocenters. The summed E-state index contributed by atoms with van der Waals surface area (Å²) in [5, 5.41) is 15.0. The fourth-order valence-corrected chi connectivity index (χ4v) is 4.42. The molecule has 3 aliphatic rings. The number of rotatable bonds is 4. The van der Waals surface area contributed by atoms with Gasteiger partial charge >= 0.3 is 6.03 Å². The molecule has 6 heteroatoms. The molecule has 2 aliphatic carbocycles. The number of carbonyl (C=O) groups is 1. The summed E-state index contributed by atoms with van der Waals surface area (Å²) in [6.45, 7) is 2.65. The lowest BCUT2D eigenvalue weighted by molar-refractivity contribution is 0.232. The fraction of sp³-hybridized carbons (Fsp3) is 0.750. The molecule has 142 valence electrons. The Kier molecular flexibility index (Phi) is 5.56. The first-order chi connectivity index (χ1) is 12.8. The topological polar surface area (TPSA) is 70.2 Å². The molecule has 26 heavy (non-hydrogen) atoms. The van der Waals surface area contributed by atoms with Gasteiger partial charge < -0.3 is 15.5 Å². The van der Waals surface area contributed by atoms with Crippen LogP contribution in [0, 0.1) is 5.92 Å². The van der Waals surface area contributed by atoms with E-state index in [-0.39, 0.29) is 6.03 Å². The van der Waals surface area contributed by atoms with Crippen molar-refractivity contribution in [2.45, 2.75) is 70.3 Å². The third-order valence-electron chi connectivity index (χ3n) is 6.08. The number of anilines is 1. The Morgan fingerprint density at radius 1 is 1.04 bits per heavy atom. The van der Waals surface area contributed by atoms with Gasteiger partial charge in [0.05, 0.1) is 5.69 Å². The third-order valence-corrected chi connectivity index (χ3v) is 6.08. The Balaban J connectivity index is 1.18. The van der Waals surface area contributed by atoms with Crippen LogP contribution >= 0.6 is 0 Å². The number of amides is 2. The van der Waals surface area contributed by atoms with Crippen molar-refractivity contribution in [3.63, 3.8) is 0 Å². The van der Waals surface area contributed by atoms with Gasteiger partial charge in [-0.05, 0) is 50.2 Å². The van der Waals surface area contributed by atoms with Crippen molar-refractivity contribution in [3.8, 4) is 0 Å². The summed E-state index contributed by atoms with van der Waals surface area (Å²) in [5.74, 6) is 1.51. The largest absolute Gasteiger partial charge is 0.354 e. The van der Waals surface area contributed by atoms with Gasteiger partial charge in [-0.15, -0.1) is 5.10 Å². The van der Waals surface area contributed by atoms with Gasteiger partial charge in [0, 0.05) is 31.6 Å². The third kappa shape index (κ3) is 4.27. The predicted octanol–water partition coefficient (Wildman–Crippen LogP) is 2.81. The Hall–Kier alpha value is -1.85. The maximum atomic E-state index is 12.1. The molecule has 1 aromatic rings. The average Bonchev–Trinajstić information content (AvgIpc) is 2.89. The standard InChI is InChI=1S/C20H31N5O/c26-20(22-17-8-3-1-2-4-9-17)21-12-15-13-25(14-15)19-11-16-7-5-6-10-18(16)23-24-19/h11,15,17H,1-10,12-14H2,(H2,21,22,26). The first kappa shape index (κ1) is 17.6. The van der Waals surface area contributed by atoms with Crippen LogP contribution in [0.4, 0.5) is 10.6 Å². The minimum atomic E-state index is 0.00363. The zero-order valence-corrected chi connectivity index (χ0v) is 15.7. The molecule has 2 heterocycles. The van der Waals surface area contributed by atoms with Crippen LogP contribution < -0.4 is 15.5 Å². The van der Waals surface area contributed by atoms with Crippen LogP contribution in [-0.2, 0) is 12.8 Å². The van der Waals surface area contributed by atoms with Crippen molar-refractivity contribution in [1.29, 1.82) is 0 Å². The highest BCUT2D eigenvalue weighted by atomic mass is 16.2. The Morgan fingerprint density at radius 3 is 2.62 bits per heavy atom. The van der Waals surface area contributed by atoms with Gasteiger partial charge in [0.2, 0.25) is 0 Å². The van der Waals surface area contributed by atoms with Gasteiger partial charge in [-0.1, -0.05) is 25.7 Å². The molecule has 2 amide bonds. The SMILES string of the molecule is O=C(NCC1CN(c2cc3c(nn2)CCCC3)C1)NC1CCCCCC1. The van der Waals surface area contributed by atoms with E-state index in [4.69, 9.17) is 0 Å². The monoisotopic (exact) mass is 357 g/mol. The second-order valence-electron chi connectivity index (χ2n) is 8.20. The highest BCUT2D eigenvalue weighted by molar-refractivity contribution is 5.74. The molecule has 2 N–H and O–H groups in total. The number of carbonyl (C=O) groups excluding carboxylic acids is 1. The smallest absolute Gasteiger partial charge is 0.315 e. The molecule has 1 aliphatic heterocycles. The number of nitrogens with one attached hydrogen (secondary N) is 2. The number of aryl methyl sites for hydroxylation is 2. The number of fused-ring (bicyclic) bond motifs is 1. The molecule has 1 saturated heterocycles. The first-order valence-electron chi connectivity index (χ1n) is 10.4. The summed E-state index contributed by atoms with van der Waals surface area (Å²) < 4.78 is 0. The van der Waals surface area contributed by atoms with Gasteiger partial charge in [-0.2, -0.15) is 5.10 Å². The summed E-state index contributed by atoms with van der Waals surface area (Å²) in [6, 6.07) is 2.59. The lowest BCUT2D eigenvalue weighted by Gasteiger charge is -2.40. The molecule has 0 unspecified atom stereocenters. The van der Waals surface area contributed by atoms with Crippen LogP contribution in [0.5, 0.6) is 0 Å². The van der Waals surface area contributed by atoms with E-state index < -0.39 is 0 Å². The van der Waals surface area contributed by atoms with Gasteiger partial charge in [0.15, 0.2) is 5.82 Å².